The predicted octanol–water partition coefficient (Wildman–Crippen LogP) is 2.21. The van der Waals surface area contributed by atoms with Crippen molar-refractivity contribution in [3.05, 3.63) is 60.2 Å². The largest absolute Gasteiger partial charge is 0.497 e. The van der Waals surface area contributed by atoms with Gasteiger partial charge in [-0.2, -0.15) is 0 Å². The predicted molar refractivity (Wildman–Crippen MR) is 80.7 cm³/mol. The molecule has 0 bridgehead atoms. The van der Waals surface area contributed by atoms with Crippen LogP contribution in [0.4, 0.5) is 0 Å². The van der Waals surface area contributed by atoms with E-state index in [0.29, 0.717) is 5.69 Å². The molecule has 0 fully saturated rings. The number of H-pyrrole nitrogens is 1. The summed E-state index contributed by atoms with van der Waals surface area (Å²) >= 11 is 0. The number of aromatic nitrogens is 2. The Morgan fingerprint density at radius 3 is 2.36 bits per heavy atom. The molecule has 0 aliphatic carbocycles. The van der Waals surface area contributed by atoms with Crippen molar-refractivity contribution in [2.45, 2.75) is 0 Å². The van der Waals surface area contributed by atoms with E-state index in [4.69, 9.17) is 4.74 Å². The second-order valence-corrected chi connectivity index (χ2v) is 4.19. The van der Waals surface area contributed by atoms with Crippen LogP contribution >= 0.6 is 0 Å². The molecule has 6 heteroatoms. The molecule has 0 unspecified atom stereocenters. The normalized spacial score (nSPS) is 11.0. The molecule has 0 radical (unpaired) electrons. The van der Waals surface area contributed by atoms with Crippen LogP contribution in [0.5, 0.6) is 5.75 Å². The average Bonchev–Trinajstić information content (AvgIpc) is 3.05. The van der Waals surface area contributed by atoms with Crippen LogP contribution in [0.2, 0.25) is 0 Å². The molecule has 1 aromatic carbocycles. The van der Waals surface area contributed by atoms with Gasteiger partial charge in [-0.3, -0.25) is 0 Å². The Labute approximate surface area is 127 Å². The molecule has 0 aliphatic heterocycles. The van der Waals surface area contributed by atoms with Gasteiger partial charge < -0.3 is 14.5 Å². The summed E-state index contributed by atoms with van der Waals surface area (Å²) in [6, 6.07) is 7.09. The van der Waals surface area contributed by atoms with E-state index in [2.05, 4.69) is 14.7 Å². The minimum absolute atomic E-state index is 0.637. The highest BCUT2D eigenvalue weighted by Crippen LogP contribution is 2.12. The van der Waals surface area contributed by atoms with Gasteiger partial charge in [-0.05, 0) is 29.8 Å². The number of rotatable bonds is 5. The van der Waals surface area contributed by atoms with Gasteiger partial charge in [-0.1, -0.05) is 12.1 Å². The summed E-state index contributed by atoms with van der Waals surface area (Å²) in [6.07, 6.45) is 8.36. The van der Waals surface area contributed by atoms with Crippen molar-refractivity contribution in [1.29, 1.82) is 0 Å². The van der Waals surface area contributed by atoms with Crippen molar-refractivity contribution in [2.75, 3.05) is 7.11 Å². The zero-order valence-corrected chi connectivity index (χ0v) is 11.9. The molecule has 6 nitrogen and oxygen atoms in total. The van der Waals surface area contributed by atoms with Crippen molar-refractivity contribution < 1.29 is 19.1 Å². The smallest absolute Gasteiger partial charge is 0.338 e. The number of carbonyl (C=O) groups is 2. The number of hydrogen-bond donors (Lipinski definition) is 1. The quantitative estimate of drug-likeness (QED) is 0.520. The molecule has 0 aliphatic rings. The van der Waals surface area contributed by atoms with Gasteiger partial charge in [0.15, 0.2) is 0 Å². The Kier molecular flexibility index (Phi) is 5.25. The van der Waals surface area contributed by atoms with Gasteiger partial charge in [0, 0.05) is 12.2 Å². The summed E-state index contributed by atoms with van der Waals surface area (Å²) in [4.78, 5) is 29.5. The van der Waals surface area contributed by atoms with E-state index >= 15 is 0 Å². The third-order valence-corrected chi connectivity index (χ3v) is 2.65. The summed E-state index contributed by atoms with van der Waals surface area (Å²) in [5.41, 5.74) is 1.43. The Morgan fingerprint density at radius 1 is 1.09 bits per heavy atom. The first kappa shape index (κ1) is 15.2. The maximum absolute atomic E-state index is 11.5. The summed E-state index contributed by atoms with van der Waals surface area (Å²) in [6.45, 7) is 0. The maximum Gasteiger partial charge on any atom is 0.338 e. The summed E-state index contributed by atoms with van der Waals surface area (Å²) in [5, 5.41) is 0. The van der Waals surface area contributed by atoms with Gasteiger partial charge >= 0.3 is 11.9 Å². The van der Waals surface area contributed by atoms with Crippen LogP contribution < -0.4 is 4.74 Å². The molecule has 0 saturated heterocycles. The molecule has 0 spiro atoms. The number of nitrogens with zero attached hydrogens (tertiary/aromatic N) is 1. The first-order valence-electron chi connectivity index (χ1n) is 6.42. The molecule has 0 atom stereocenters. The van der Waals surface area contributed by atoms with Crippen LogP contribution in [0.3, 0.4) is 0 Å². The van der Waals surface area contributed by atoms with E-state index in [1.807, 2.05) is 0 Å². The number of esters is 2. The third kappa shape index (κ3) is 4.75. The van der Waals surface area contributed by atoms with E-state index in [1.165, 1.54) is 24.7 Å². The molecule has 22 heavy (non-hydrogen) atoms. The fourth-order valence-corrected chi connectivity index (χ4v) is 1.56. The molecule has 1 aromatic heterocycles. The zero-order chi connectivity index (χ0) is 15.8. The Bertz CT molecular complexity index is 685. The molecular formula is C16H14N2O4. The van der Waals surface area contributed by atoms with Gasteiger partial charge in [-0.25, -0.2) is 14.6 Å². The number of benzene rings is 1. The van der Waals surface area contributed by atoms with Crippen molar-refractivity contribution in [3.63, 3.8) is 0 Å². The second kappa shape index (κ2) is 7.58. The molecule has 2 rings (SSSR count). The first-order valence-corrected chi connectivity index (χ1v) is 6.42. The highest BCUT2D eigenvalue weighted by Gasteiger charge is 2.03. The number of carbonyl (C=O) groups excluding carboxylic acids is 2. The topological polar surface area (TPSA) is 81.3 Å². The van der Waals surface area contributed by atoms with Gasteiger partial charge in [0.25, 0.3) is 0 Å². The Morgan fingerprint density at radius 2 is 1.77 bits per heavy atom. The van der Waals surface area contributed by atoms with E-state index in [9.17, 15) is 9.59 Å². The minimum atomic E-state index is -0.751. The van der Waals surface area contributed by atoms with Crippen molar-refractivity contribution in [3.8, 4) is 5.75 Å². The number of ether oxygens (including phenoxy) is 2. The standard InChI is InChI=1S/C16H14N2O4/c1-21-14-6-2-12(3-7-14)4-8-15(19)22-16(20)9-5-13-10-17-11-18-13/h2-11H,1H3,(H,17,18). The van der Waals surface area contributed by atoms with Crippen LogP contribution in [0.25, 0.3) is 12.2 Å². The summed E-state index contributed by atoms with van der Waals surface area (Å²) in [5.74, 6) is -0.770. The van der Waals surface area contributed by atoms with E-state index < -0.39 is 11.9 Å². The van der Waals surface area contributed by atoms with Crippen molar-refractivity contribution in [2.24, 2.45) is 0 Å². The van der Waals surface area contributed by atoms with Crippen LogP contribution in [0, 0.1) is 0 Å². The monoisotopic (exact) mass is 298 g/mol. The van der Waals surface area contributed by atoms with Crippen LogP contribution in [-0.2, 0) is 14.3 Å². The average molecular weight is 298 g/mol. The number of hydrogen-bond acceptors (Lipinski definition) is 5. The molecule has 1 N–H and O–H groups in total. The lowest BCUT2D eigenvalue weighted by Gasteiger charge is -1.99. The lowest BCUT2D eigenvalue weighted by Crippen LogP contribution is -2.06. The van der Waals surface area contributed by atoms with Gasteiger partial charge in [0.05, 0.1) is 25.3 Å². The third-order valence-electron chi connectivity index (χ3n) is 2.65. The van der Waals surface area contributed by atoms with Gasteiger partial charge in [0.1, 0.15) is 5.75 Å². The Balaban J connectivity index is 1.86. The molecule has 0 saturated carbocycles. The van der Waals surface area contributed by atoms with E-state index in [-0.39, 0.29) is 0 Å². The highest BCUT2D eigenvalue weighted by atomic mass is 16.6. The lowest BCUT2D eigenvalue weighted by molar-refractivity contribution is -0.152. The number of imidazole rings is 1. The fraction of sp³-hybridized carbons (Fsp3) is 0.0625. The number of nitrogens with one attached hydrogen (secondary N) is 1. The van der Waals surface area contributed by atoms with E-state index in [0.717, 1.165) is 17.4 Å². The molecule has 0 amide bonds. The molecule has 112 valence electrons. The lowest BCUT2D eigenvalue weighted by atomic mass is 10.2. The van der Waals surface area contributed by atoms with Crippen LogP contribution in [-0.4, -0.2) is 29.0 Å². The molecule has 2 aromatic rings. The van der Waals surface area contributed by atoms with Gasteiger partial charge in [-0.15, -0.1) is 0 Å². The van der Waals surface area contributed by atoms with Crippen molar-refractivity contribution in [1.82, 2.24) is 9.97 Å². The Hall–Kier alpha value is -3.15. The van der Waals surface area contributed by atoms with Crippen LogP contribution in [0.15, 0.2) is 48.9 Å². The summed E-state index contributed by atoms with van der Waals surface area (Å²) < 4.78 is 9.63. The number of methoxy groups -OCH3 is 1. The van der Waals surface area contributed by atoms with E-state index in [1.54, 1.807) is 37.5 Å². The second-order valence-electron chi connectivity index (χ2n) is 4.19. The van der Waals surface area contributed by atoms with Gasteiger partial charge in [0.2, 0.25) is 0 Å². The molecular weight excluding hydrogens is 284 g/mol. The minimum Gasteiger partial charge on any atom is -0.497 e. The number of aromatic amines is 1. The fourth-order valence-electron chi connectivity index (χ4n) is 1.56. The maximum atomic E-state index is 11.5. The van der Waals surface area contributed by atoms with Crippen LogP contribution in [0.1, 0.15) is 11.3 Å². The SMILES string of the molecule is COc1ccc(C=CC(=O)OC(=O)C=Cc2cnc[nH]2)cc1. The summed E-state index contributed by atoms with van der Waals surface area (Å²) in [7, 11) is 1.57. The first-order chi connectivity index (χ1) is 10.7. The molecule has 1 heterocycles. The zero-order valence-electron chi connectivity index (χ0n) is 11.9. The highest BCUT2D eigenvalue weighted by molar-refractivity contribution is 5.99. The van der Waals surface area contributed by atoms with Crippen molar-refractivity contribution >= 4 is 24.1 Å².